The second-order valence-corrected chi connectivity index (χ2v) is 11.0. The molecule has 1 heterocycles. The molecule has 10 heteroatoms. The summed E-state index contributed by atoms with van der Waals surface area (Å²) in [5, 5.41) is 22.5. The third-order valence-corrected chi connectivity index (χ3v) is 8.04. The van der Waals surface area contributed by atoms with Crippen LogP contribution in [0.4, 0.5) is 11.4 Å². The number of anilines is 1. The number of methoxy groups -OCH3 is 1. The van der Waals surface area contributed by atoms with Gasteiger partial charge >= 0.3 is 0 Å². The zero-order chi connectivity index (χ0) is 31.1. The molecule has 0 fully saturated rings. The lowest BCUT2D eigenvalue weighted by Gasteiger charge is -2.23. The van der Waals surface area contributed by atoms with Crippen LogP contribution in [0.15, 0.2) is 114 Å². The second-order valence-electron chi connectivity index (χ2n) is 9.61. The highest BCUT2D eigenvalue weighted by Crippen LogP contribution is 2.35. The lowest BCUT2D eigenvalue weighted by atomic mass is 9.99. The molecule has 4 aromatic carbocycles. The molecule has 0 spiro atoms. The topological polar surface area (TPSA) is 109 Å². The van der Waals surface area contributed by atoms with E-state index in [2.05, 4.69) is 6.07 Å². The average Bonchev–Trinajstić information content (AvgIpc) is 3.07. The summed E-state index contributed by atoms with van der Waals surface area (Å²) in [5.74, 6) is 0.408. The van der Waals surface area contributed by atoms with Gasteiger partial charge in [0.15, 0.2) is 0 Å². The fraction of sp³-hybridized carbons (Fsp3) is 0.0882. The lowest BCUT2D eigenvalue weighted by Crippen LogP contribution is -2.32. The highest BCUT2D eigenvalue weighted by Gasteiger charge is 2.21. The van der Waals surface area contributed by atoms with E-state index in [9.17, 15) is 20.2 Å². The Bertz CT molecular complexity index is 1830. The van der Waals surface area contributed by atoms with Crippen LogP contribution in [-0.2, 0) is 11.3 Å². The first-order valence-corrected chi connectivity index (χ1v) is 14.8. The molecule has 0 unspecified atom stereocenters. The summed E-state index contributed by atoms with van der Waals surface area (Å²) in [4.78, 5) is 30.9. The molecule has 0 aliphatic rings. The maximum absolute atomic E-state index is 13.8. The minimum Gasteiger partial charge on any atom is -0.497 e. The van der Waals surface area contributed by atoms with Crippen molar-refractivity contribution in [2.45, 2.75) is 11.6 Å². The summed E-state index contributed by atoms with van der Waals surface area (Å²) in [6.45, 7) is 0.216. The average molecular weight is 621 g/mol. The van der Waals surface area contributed by atoms with Crippen molar-refractivity contribution < 1.29 is 14.5 Å². The number of carbonyl (C=O) groups excluding carboxylic acids is 1. The van der Waals surface area contributed by atoms with Gasteiger partial charge in [-0.3, -0.25) is 14.9 Å². The molecular formula is C34H25ClN4O4S. The van der Waals surface area contributed by atoms with Crippen LogP contribution < -0.4 is 9.64 Å². The molecule has 0 N–H and O–H groups in total. The van der Waals surface area contributed by atoms with Gasteiger partial charge in [-0.05, 0) is 65.7 Å². The fourth-order valence-corrected chi connectivity index (χ4v) is 5.55. The molecule has 0 radical (unpaired) electrons. The third-order valence-electron chi connectivity index (χ3n) is 6.83. The van der Waals surface area contributed by atoms with Crippen molar-refractivity contribution in [1.29, 1.82) is 5.26 Å². The number of carbonyl (C=O) groups is 1. The molecule has 0 aliphatic carbocycles. The molecule has 1 amide bonds. The van der Waals surface area contributed by atoms with Crippen LogP contribution >= 0.6 is 23.4 Å². The lowest BCUT2D eigenvalue weighted by molar-refractivity contribution is -0.384. The van der Waals surface area contributed by atoms with Gasteiger partial charge in [0.2, 0.25) is 5.91 Å². The van der Waals surface area contributed by atoms with E-state index < -0.39 is 4.92 Å². The molecule has 8 nitrogen and oxygen atoms in total. The smallest absolute Gasteiger partial charge is 0.269 e. The minimum atomic E-state index is -0.486. The highest BCUT2D eigenvalue weighted by molar-refractivity contribution is 8.00. The number of pyridine rings is 1. The van der Waals surface area contributed by atoms with Crippen LogP contribution in [0.2, 0.25) is 5.02 Å². The van der Waals surface area contributed by atoms with Gasteiger partial charge in [0.25, 0.3) is 5.69 Å². The number of ether oxygens (including phenoxy) is 1. The van der Waals surface area contributed by atoms with E-state index in [1.807, 2.05) is 72.8 Å². The molecule has 44 heavy (non-hydrogen) atoms. The van der Waals surface area contributed by atoms with Gasteiger partial charge in [0.1, 0.15) is 16.8 Å². The van der Waals surface area contributed by atoms with E-state index >= 15 is 0 Å². The van der Waals surface area contributed by atoms with Gasteiger partial charge in [-0.25, -0.2) is 4.98 Å². The number of nitro benzene ring substituents is 1. The summed E-state index contributed by atoms with van der Waals surface area (Å²) in [7, 11) is 1.60. The Labute approximate surface area is 263 Å². The Kier molecular flexibility index (Phi) is 9.55. The molecule has 218 valence electrons. The van der Waals surface area contributed by atoms with E-state index in [1.54, 1.807) is 36.3 Å². The first kappa shape index (κ1) is 30.3. The van der Waals surface area contributed by atoms with Crippen molar-refractivity contribution in [2.24, 2.45) is 0 Å². The van der Waals surface area contributed by atoms with Crippen molar-refractivity contribution in [3.05, 3.63) is 135 Å². The summed E-state index contributed by atoms with van der Waals surface area (Å²) in [6.07, 6.45) is 0. The van der Waals surface area contributed by atoms with Crippen molar-refractivity contribution in [3.8, 4) is 34.2 Å². The van der Waals surface area contributed by atoms with Crippen molar-refractivity contribution >= 4 is 40.6 Å². The zero-order valence-electron chi connectivity index (χ0n) is 23.5. The molecule has 5 rings (SSSR count). The van der Waals surface area contributed by atoms with Gasteiger partial charge in [-0.2, -0.15) is 5.26 Å². The van der Waals surface area contributed by atoms with Gasteiger partial charge in [-0.1, -0.05) is 65.8 Å². The number of non-ortho nitro benzene ring substituents is 1. The van der Waals surface area contributed by atoms with Crippen molar-refractivity contribution in [2.75, 3.05) is 17.8 Å². The standard InChI is InChI=1S/C34H25ClN4O4S/c1-43-29-17-9-25(10-18-29)32-19-30(24-5-3-2-4-6-24)31(20-36)34(37-32)44-22-33(40)38(21-23-7-11-26(35)12-8-23)27-13-15-28(16-14-27)39(41)42/h2-19H,21-22H2,1H3. The summed E-state index contributed by atoms with van der Waals surface area (Å²) in [5.41, 5.74) is 4.66. The SMILES string of the molecule is COc1ccc(-c2cc(-c3ccccc3)c(C#N)c(SCC(=O)N(Cc3ccc(Cl)cc3)c3ccc([N+](=O)[O-])cc3)n2)cc1. The molecular weight excluding hydrogens is 596 g/mol. The Morgan fingerprint density at radius 2 is 1.66 bits per heavy atom. The summed E-state index contributed by atoms with van der Waals surface area (Å²) < 4.78 is 5.30. The van der Waals surface area contributed by atoms with E-state index in [-0.39, 0.29) is 23.9 Å². The van der Waals surface area contributed by atoms with Crippen LogP contribution in [-0.4, -0.2) is 28.7 Å². The van der Waals surface area contributed by atoms with E-state index in [0.717, 1.165) is 16.7 Å². The molecule has 0 aliphatic heterocycles. The van der Waals surface area contributed by atoms with Crippen LogP contribution in [0.5, 0.6) is 5.75 Å². The normalized spacial score (nSPS) is 10.6. The Hall–Kier alpha value is -5.17. The number of thioether (sulfide) groups is 1. The second kappa shape index (κ2) is 13.9. The largest absolute Gasteiger partial charge is 0.497 e. The number of nitriles is 1. The Morgan fingerprint density at radius 1 is 0.977 bits per heavy atom. The van der Waals surface area contributed by atoms with Gasteiger partial charge in [0, 0.05) is 34.0 Å². The maximum atomic E-state index is 13.8. The van der Waals surface area contributed by atoms with Crippen LogP contribution in [0, 0.1) is 21.4 Å². The zero-order valence-corrected chi connectivity index (χ0v) is 25.1. The number of benzene rings is 4. The minimum absolute atomic E-state index is 0.0352. The van der Waals surface area contributed by atoms with Gasteiger partial charge in [0.05, 0.1) is 35.6 Å². The molecule has 5 aromatic rings. The van der Waals surface area contributed by atoms with Crippen LogP contribution in [0.25, 0.3) is 22.4 Å². The number of hydrogen-bond donors (Lipinski definition) is 0. The molecule has 0 saturated heterocycles. The Balaban J connectivity index is 1.50. The van der Waals surface area contributed by atoms with Crippen molar-refractivity contribution in [1.82, 2.24) is 4.98 Å². The Morgan fingerprint density at radius 3 is 2.27 bits per heavy atom. The van der Waals surface area contributed by atoms with E-state index in [0.29, 0.717) is 38.3 Å². The number of nitrogens with zero attached hydrogens (tertiary/aromatic N) is 4. The van der Waals surface area contributed by atoms with Crippen molar-refractivity contribution in [3.63, 3.8) is 0 Å². The molecule has 0 atom stereocenters. The molecule has 0 saturated carbocycles. The third kappa shape index (κ3) is 7.06. The quantitative estimate of drug-likeness (QED) is 0.0879. The highest BCUT2D eigenvalue weighted by atomic mass is 35.5. The van der Waals surface area contributed by atoms with Crippen LogP contribution in [0.1, 0.15) is 11.1 Å². The number of nitro groups is 1. The number of rotatable bonds is 10. The first-order valence-electron chi connectivity index (χ1n) is 13.4. The predicted molar refractivity (Wildman–Crippen MR) is 173 cm³/mol. The number of amides is 1. The van der Waals surface area contributed by atoms with Gasteiger partial charge in [-0.15, -0.1) is 0 Å². The first-order chi connectivity index (χ1) is 21.4. The molecule has 1 aromatic heterocycles. The monoisotopic (exact) mass is 620 g/mol. The van der Waals surface area contributed by atoms with E-state index in [4.69, 9.17) is 21.3 Å². The maximum Gasteiger partial charge on any atom is 0.269 e. The number of hydrogen-bond acceptors (Lipinski definition) is 7. The van der Waals surface area contributed by atoms with Gasteiger partial charge < -0.3 is 9.64 Å². The number of aromatic nitrogens is 1. The number of halogens is 1. The molecule has 0 bridgehead atoms. The van der Waals surface area contributed by atoms with E-state index in [1.165, 1.54) is 23.9 Å². The fourth-order valence-electron chi connectivity index (χ4n) is 4.55. The summed E-state index contributed by atoms with van der Waals surface area (Å²) >= 11 is 7.23. The predicted octanol–water partition coefficient (Wildman–Crippen LogP) is 8.18. The summed E-state index contributed by atoms with van der Waals surface area (Å²) in [6, 6.07) is 34.2. The van der Waals surface area contributed by atoms with Crippen LogP contribution in [0.3, 0.4) is 0 Å².